The number of para-hydroxylation sites is 2. The Hall–Kier alpha value is -2.32. The number of rotatable bonds is 2. The highest BCUT2D eigenvalue weighted by Crippen LogP contribution is 2.28. The van der Waals surface area contributed by atoms with Crippen LogP contribution < -0.4 is 0 Å². The molecule has 0 unspecified atom stereocenters. The Kier molecular flexibility index (Phi) is 2.71. The molecule has 0 amide bonds. The van der Waals surface area contributed by atoms with Crippen molar-refractivity contribution in [2.24, 2.45) is 0 Å². The third kappa shape index (κ3) is 1.94. The molecule has 2 aromatic heterocycles. The number of fused-ring (bicyclic) bond motifs is 1. The van der Waals surface area contributed by atoms with E-state index in [2.05, 4.69) is 21.0 Å². The van der Waals surface area contributed by atoms with E-state index in [0.29, 0.717) is 5.69 Å². The summed E-state index contributed by atoms with van der Waals surface area (Å²) >= 11 is 1.41. The Morgan fingerprint density at radius 2 is 2.06 bits per heavy atom. The minimum absolute atomic E-state index is 0.419. The van der Waals surface area contributed by atoms with E-state index in [9.17, 15) is 0 Å². The Labute approximate surface area is 108 Å². The summed E-state index contributed by atoms with van der Waals surface area (Å²) in [7, 11) is 0. The maximum Gasteiger partial charge on any atom is 0.171 e. The molecule has 1 N–H and O–H groups in total. The molecule has 0 bridgehead atoms. The van der Waals surface area contributed by atoms with Crippen LogP contribution in [0.1, 0.15) is 5.69 Å². The van der Waals surface area contributed by atoms with Gasteiger partial charge in [0, 0.05) is 6.20 Å². The van der Waals surface area contributed by atoms with Crippen LogP contribution in [0.15, 0.2) is 52.6 Å². The molecule has 0 aliphatic heterocycles. The van der Waals surface area contributed by atoms with E-state index in [1.807, 2.05) is 36.4 Å². The lowest BCUT2D eigenvalue weighted by Gasteiger charge is -1.98. The zero-order valence-corrected chi connectivity index (χ0v) is 10.1. The lowest BCUT2D eigenvalue weighted by Crippen LogP contribution is -1.85. The second kappa shape index (κ2) is 4.51. The van der Waals surface area contributed by atoms with E-state index in [1.165, 1.54) is 11.8 Å². The van der Waals surface area contributed by atoms with E-state index >= 15 is 0 Å². The highest BCUT2D eigenvalue weighted by molar-refractivity contribution is 7.99. The van der Waals surface area contributed by atoms with Crippen molar-refractivity contribution in [2.45, 2.75) is 10.1 Å². The topological polar surface area (TPSA) is 65.4 Å². The summed E-state index contributed by atoms with van der Waals surface area (Å²) in [5.41, 5.74) is 2.33. The van der Waals surface area contributed by atoms with Crippen LogP contribution >= 0.6 is 11.8 Å². The summed E-state index contributed by atoms with van der Waals surface area (Å²) in [5.74, 6) is 0. The quantitative estimate of drug-likeness (QED) is 0.761. The van der Waals surface area contributed by atoms with Crippen molar-refractivity contribution in [3.8, 4) is 6.07 Å². The van der Waals surface area contributed by atoms with Crippen LogP contribution in [-0.2, 0) is 0 Å². The van der Waals surface area contributed by atoms with Crippen molar-refractivity contribution in [3.05, 3.63) is 48.3 Å². The first-order chi connectivity index (χ1) is 8.86. The smallest absolute Gasteiger partial charge is 0.171 e. The van der Waals surface area contributed by atoms with Gasteiger partial charge in [0.25, 0.3) is 0 Å². The van der Waals surface area contributed by atoms with Crippen molar-refractivity contribution in [3.63, 3.8) is 0 Å². The number of hydrogen-bond donors (Lipinski definition) is 1. The standard InChI is InChI=1S/C13H8N4S/c14-8-11-12(6-3-7-15-11)18-13-16-9-4-1-2-5-10(9)17-13/h1-7H,(H,16,17). The van der Waals surface area contributed by atoms with Crippen molar-refractivity contribution in [1.82, 2.24) is 15.0 Å². The number of pyridine rings is 1. The summed E-state index contributed by atoms with van der Waals surface area (Å²) in [6.45, 7) is 0. The van der Waals surface area contributed by atoms with Crippen molar-refractivity contribution < 1.29 is 0 Å². The number of nitrogens with one attached hydrogen (secondary N) is 1. The van der Waals surface area contributed by atoms with Crippen LogP contribution in [0.25, 0.3) is 11.0 Å². The van der Waals surface area contributed by atoms with Gasteiger partial charge in [-0.05, 0) is 36.0 Å². The number of nitriles is 1. The molecule has 0 fully saturated rings. The third-order valence-electron chi connectivity index (χ3n) is 2.45. The largest absolute Gasteiger partial charge is 0.333 e. The van der Waals surface area contributed by atoms with Gasteiger partial charge in [-0.25, -0.2) is 9.97 Å². The number of benzene rings is 1. The molecule has 0 spiro atoms. The first-order valence-corrected chi connectivity index (χ1v) is 6.16. The zero-order valence-electron chi connectivity index (χ0n) is 9.29. The lowest BCUT2D eigenvalue weighted by atomic mass is 10.3. The van der Waals surface area contributed by atoms with E-state index in [-0.39, 0.29) is 0 Å². The van der Waals surface area contributed by atoms with Gasteiger partial charge in [0.2, 0.25) is 0 Å². The molecule has 86 valence electrons. The molecule has 0 aliphatic rings. The predicted octanol–water partition coefficient (Wildman–Crippen LogP) is 2.98. The molecule has 0 atom stereocenters. The molecule has 5 heteroatoms. The number of imidazole rings is 1. The molecule has 0 saturated heterocycles. The van der Waals surface area contributed by atoms with E-state index in [1.54, 1.807) is 6.20 Å². The lowest BCUT2D eigenvalue weighted by molar-refractivity contribution is 1.07. The molecule has 3 rings (SSSR count). The molecule has 2 heterocycles. The molecular weight excluding hydrogens is 244 g/mol. The normalized spacial score (nSPS) is 10.4. The maximum absolute atomic E-state index is 8.98. The average Bonchev–Trinajstić information content (AvgIpc) is 2.81. The van der Waals surface area contributed by atoms with Crippen LogP contribution in [0.5, 0.6) is 0 Å². The third-order valence-corrected chi connectivity index (χ3v) is 3.39. The number of hydrogen-bond acceptors (Lipinski definition) is 4. The van der Waals surface area contributed by atoms with Crippen LogP contribution in [0.2, 0.25) is 0 Å². The Balaban J connectivity index is 1.99. The molecule has 0 radical (unpaired) electrons. The minimum Gasteiger partial charge on any atom is -0.333 e. The minimum atomic E-state index is 0.419. The SMILES string of the molecule is N#Cc1ncccc1Sc1nc2ccccc2[nH]1. The molecule has 4 nitrogen and oxygen atoms in total. The van der Waals surface area contributed by atoms with Crippen molar-refractivity contribution in [2.75, 3.05) is 0 Å². The van der Waals surface area contributed by atoms with Gasteiger partial charge >= 0.3 is 0 Å². The van der Waals surface area contributed by atoms with E-state index < -0.39 is 0 Å². The van der Waals surface area contributed by atoms with Gasteiger partial charge in [0.05, 0.1) is 15.9 Å². The maximum atomic E-state index is 8.98. The summed E-state index contributed by atoms with van der Waals surface area (Å²) in [4.78, 5) is 12.5. The van der Waals surface area contributed by atoms with Crippen LogP contribution in [0.3, 0.4) is 0 Å². The van der Waals surface area contributed by atoms with Crippen LogP contribution in [-0.4, -0.2) is 15.0 Å². The molecule has 0 saturated carbocycles. The van der Waals surface area contributed by atoms with Crippen molar-refractivity contribution in [1.29, 1.82) is 5.26 Å². The Morgan fingerprint density at radius 1 is 1.17 bits per heavy atom. The number of nitrogens with zero attached hydrogens (tertiary/aromatic N) is 3. The zero-order chi connectivity index (χ0) is 12.4. The van der Waals surface area contributed by atoms with Gasteiger partial charge in [-0.15, -0.1) is 0 Å². The first-order valence-electron chi connectivity index (χ1n) is 5.34. The van der Waals surface area contributed by atoms with Gasteiger partial charge in [0.15, 0.2) is 10.9 Å². The molecule has 1 aromatic carbocycles. The Bertz CT molecular complexity index is 709. The summed E-state index contributed by atoms with van der Waals surface area (Å²) < 4.78 is 0. The molecule has 0 aliphatic carbocycles. The first kappa shape index (κ1) is 10.8. The number of aromatic nitrogens is 3. The second-order valence-electron chi connectivity index (χ2n) is 3.62. The fraction of sp³-hybridized carbons (Fsp3) is 0. The van der Waals surface area contributed by atoms with Gasteiger partial charge in [0.1, 0.15) is 6.07 Å². The van der Waals surface area contributed by atoms with Gasteiger partial charge in [-0.1, -0.05) is 12.1 Å². The fourth-order valence-electron chi connectivity index (χ4n) is 1.64. The second-order valence-corrected chi connectivity index (χ2v) is 4.65. The van der Waals surface area contributed by atoms with Gasteiger partial charge < -0.3 is 4.98 Å². The summed E-state index contributed by atoms with van der Waals surface area (Å²) in [6, 6.07) is 13.6. The molecule has 18 heavy (non-hydrogen) atoms. The van der Waals surface area contributed by atoms with Gasteiger partial charge in [-0.3, -0.25) is 0 Å². The highest BCUT2D eigenvalue weighted by atomic mass is 32.2. The average molecular weight is 252 g/mol. The van der Waals surface area contributed by atoms with Gasteiger partial charge in [-0.2, -0.15) is 5.26 Å². The number of aromatic amines is 1. The van der Waals surface area contributed by atoms with Crippen LogP contribution in [0, 0.1) is 11.3 Å². The van der Waals surface area contributed by atoms with Crippen molar-refractivity contribution >= 4 is 22.8 Å². The van der Waals surface area contributed by atoms with E-state index in [4.69, 9.17) is 5.26 Å². The highest BCUT2D eigenvalue weighted by Gasteiger charge is 2.08. The molecule has 3 aromatic rings. The Morgan fingerprint density at radius 3 is 2.89 bits per heavy atom. The number of H-pyrrole nitrogens is 1. The predicted molar refractivity (Wildman–Crippen MR) is 69.2 cm³/mol. The van der Waals surface area contributed by atoms with Crippen LogP contribution in [0.4, 0.5) is 0 Å². The monoisotopic (exact) mass is 252 g/mol. The summed E-state index contributed by atoms with van der Waals surface area (Å²) in [5, 5.41) is 9.74. The fourth-order valence-corrected chi connectivity index (χ4v) is 2.49. The summed E-state index contributed by atoms with van der Waals surface area (Å²) in [6.07, 6.45) is 1.61. The van der Waals surface area contributed by atoms with E-state index in [0.717, 1.165) is 21.1 Å². The molecular formula is C13H8N4S.